The van der Waals surface area contributed by atoms with E-state index in [1.807, 2.05) is 6.92 Å². The molecule has 0 unspecified atom stereocenters. The minimum Gasteiger partial charge on any atom is -0.256 e. The van der Waals surface area contributed by atoms with Gasteiger partial charge in [-0.05, 0) is 30.2 Å². The molecule has 4 heteroatoms. The Bertz CT molecular complexity index is 532. The van der Waals surface area contributed by atoms with E-state index in [1.165, 1.54) is 12.3 Å². The third-order valence-electron chi connectivity index (χ3n) is 2.61. The van der Waals surface area contributed by atoms with Gasteiger partial charge in [-0.3, -0.25) is 4.98 Å². The Morgan fingerprint density at radius 2 is 2.00 bits per heavy atom. The number of fused-ring (bicyclic) bond motifs is 1. The molecule has 0 saturated heterocycles. The Labute approximate surface area is 97.3 Å². The fourth-order valence-electron chi connectivity index (χ4n) is 1.90. The van der Waals surface area contributed by atoms with Gasteiger partial charge in [-0.15, -0.1) is 0 Å². The Hall–Kier alpha value is -1.58. The van der Waals surface area contributed by atoms with E-state index in [2.05, 4.69) is 4.98 Å². The van der Waals surface area contributed by atoms with Crippen LogP contribution in [0.5, 0.6) is 0 Å². The number of hydrogen-bond donors (Lipinski definition) is 0. The van der Waals surface area contributed by atoms with E-state index in [0.717, 1.165) is 6.42 Å². The van der Waals surface area contributed by atoms with Crippen LogP contribution >= 0.6 is 0 Å². The van der Waals surface area contributed by atoms with Crippen LogP contribution in [0.2, 0.25) is 0 Å². The predicted molar refractivity (Wildman–Crippen MR) is 60.7 cm³/mol. The zero-order chi connectivity index (χ0) is 12.5. The van der Waals surface area contributed by atoms with Gasteiger partial charge in [0.05, 0.1) is 11.1 Å². The smallest absolute Gasteiger partial charge is 0.256 e. The number of alkyl halides is 3. The molecule has 0 aliphatic heterocycles. The van der Waals surface area contributed by atoms with Crippen LogP contribution in [-0.2, 0) is 12.6 Å². The van der Waals surface area contributed by atoms with Crippen LogP contribution in [0.1, 0.15) is 24.5 Å². The number of nitrogens with zero attached hydrogens (tertiary/aromatic N) is 1. The molecule has 0 fully saturated rings. The summed E-state index contributed by atoms with van der Waals surface area (Å²) in [6.07, 6.45) is -1.50. The molecule has 1 aromatic heterocycles. The molecular weight excluding hydrogens is 227 g/mol. The summed E-state index contributed by atoms with van der Waals surface area (Å²) in [6.45, 7) is 1.95. The Balaban J connectivity index is 2.69. The monoisotopic (exact) mass is 239 g/mol. The summed E-state index contributed by atoms with van der Waals surface area (Å²) in [5.41, 5.74) is 0.0965. The Kier molecular flexibility index (Phi) is 3.05. The number of benzene rings is 1. The van der Waals surface area contributed by atoms with E-state index in [9.17, 15) is 13.2 Å². The number of rotatable bonds is 2. The largest absolute Gasteiger partial charge is 0.418 e. The quantitative estimate of drug-likeness (QED) is 0.765. The first-order chi connectivity index (χ1) is 8.02. The third kappa shape index (κ3) is 2.40. The molecule has 0 amide bonds. The molecule has 0 N–H and O–H groups in total. The van der Waals surface area contributed by atoms with Crippen molar-refractivity contribution >= 4 is 10.9 Å². The van der Waals surface area contributed by atoms with E-state index in [-0.39, 0.29) is 5.52 Å². The molecule has 90 valence electrons. The van der Waals surface area contributed by atoms with Crippen molar-refractivity contribution < 1.29 is 13.2 Å². The number of pyridine rings is 1. The van der Waals surface area contributed by atoms with Crippen molar-refractivity contribution in [1.29, 1.82) is 0 Å². The summed E-state index contributed by atoms with van der Waals surface area (Å²) in [7, 11) is 0. The van der Waals surface area contributed by atoms with Crippen molar-refractivity contribution in [2.75, 3.05) is 0 Å². The van der Waals surface area contributed by atoms with Crippen LogP contribution in [0, 0.1) is 0 Å². The molecular formula is C13H12F3N. The molecule has 0 bridgehead atoms. The maximum absolute atomic E-state index is 12.9. The van der Waals surface area contributed by atoms with Crippen LogP contribution in [0.25, 0.3) is 10.9 Å². The third-order valence-corrected chi connectivity index (χ3v) is 2.61. The molecule has 17 heavy (non-hydrogen) atoms. The number of hydrogen-bond acceptors (Lipinski definition) is 1. The van der Waals surface area contributed by atoms with Crippen molar-refractivity contribution in [2.45, 2.75) is 25.9 Å². The Morgan fingerprint density at radius 1 is 1.24 bits per heavy atom. The van der Waals surface area contributed by atoms with Crippen LogP contribution < -0.4 is 0 Å². The molecule has 0 atom stereocenters. The highest BCUT2D eigenvalue weighted by molar-refractivity contribution is 5.83. The van der Waals surface area contributed by atoms with E-state index in [0.29, 0.717) is 17.4 Å². The predicted octanol–water partition coefficient (Wildman–Crippen LogP) is 4.21. The minimum absolute atomic E-state index is 0.0276. The van der Waals surface area contributed by atoms with Gasteiger partial charge in [0, 0.05) is 11.6 Å². The highest BCUT2D eigenvalue weighted by Crippen LogP contribution is 2.34. The summed E-state index contributed by atoms with van der Waals surface area (Å²) in [5.74, 6) is 0. The number of aryl methyl sites for hydroxylation is 1. The molecule has 2 rings (SSSR count). The lowest BCUT2D eigenvalue weighted by Gasteiger charge is -2.11. The van der Waals surface area contributed by atoms with Crippen LogP contribution in [-0.4, -0.2) is 4.98 Å². The van der Waals surface area contributed by atoms with E-state index >= 15 is 0 Å². The maximum atomic E-state index is 12.9. The fourth-order valence-corrected chi connectivity index (χ4v) is 1.90. The zero-order valence-corrected chi connectivity index (χ0v) is 9.38. The fraction of sp³-hybridized carbons (Fsp3) is 0.308. The second kappa shape index (κ2) is 4.35. The second-order valence-corrected chi connectivity index (χ2v) is 3.97. The van der Waals surface area contributed by atoms with Gasteiger partial charge in [0.25, 0.3) is 0 Å². The second-order valence-electron chi connectivity index (χ2n) is 3.97. The number of aromatic nitrogens is 1. The van der Waals surface area contributed by atoms with Crippen molar-refractivity contribution in [1.82, 2.24) is 4.98 Å². The lowest BCUT2D eigenvalue weighted by Crippen LogP contribution is -2.07. The van der Waals surface area contributed by atoms with Crippen LogP contribution in [0.4, 0.5) is 13.2 Å². The first kappa shape index (κ1) is 11.9. The first-order valence-corrected chi connectivity index (χ1v) is 5.47. The van der Waals surface area contributed by atoms with E-state index < -0.39 is 11.7 Å². The normalized spacial score (nSPS) is 12.0. The summed E-state index contributed by atoms with van der Waals surface area (Å²) < 4.78 is 38.7. The number of halogens is 3. The van der Waals surface area contributed by atoms with Crippen molar-refractivity contribution in [3.05, 3.63) is 41.6 Å². The van der Waals surface area contributed by atoms with Crippen molar-refractivity contribution in [3.8, 4) is 0 Å². The summed E-state index contributed by atoms with van der Waals surface area (Å²) in [4.78, 5) is 3.83. The molecule has 1 nitrogen and oxygen atoms in total. The molecule has 1 aromatic carbocycles. The Morgan fingerprint density at radius 3 is 2.65 bits per heavy atom. The van der Waals surface area contributed by atoms with Gasteiger partial charge in [0.2, 0.25) is 0 Å². The lowest BCUT2D eigenvalue weighted by atomic mass is 10.0. The topological polar surface area (TPSA) is 12.9 Å². The highest BCUT2D eigenvalue weighted by atomic mass is 19.4. The van der Waals surface area contributed by atoms with Gasteiger partial charge in [-0.1, -0.05) is 19.4 Å². The summed E-state index contributed by atoms with van der Waals surface area (Å²) in [5, 5.41) is 0.547. The van der Waals surface area contributed by atoms with Crippen molar-refractivity contribution in [2.24, 2.45) is 0 Å². The van der Waals surface area contributed by atoms with Gasteiger partial charge >= 0.3 is 6.18 Å². The van der Waals surface area contributed by atoms with Gasteiger partial charge in [0.1, 0.15) is 0 Å². The average Bonchev–Trinajstić information content (AvgIpc) is 2.27. The first-order valence-electron chi connectivity index (χ1n) is 5.47. The molecule has 1 heterocycles. The van der Waals surface area contributed by atoms with Crippen LogP contribution in [0.15, 0.2) is 30.5 Å². The van der Waals surface area contributed by atoms with Gasteiger partial charge in [-0.25, -0.2) is 0 Å². The van der Waals surface area contributed by atoms with Crippen LogP contribution in [0.3, 0.4) is 0 Å². The van der Waals surface area contributed by atoms with Gasteiger partial charge in [0.15, 0.2) is 0 Å². The highest BCUT2D eigenvalue weighted by Gasteiger charge is 2.33. The molecule has 2 aromatic rings. The zero-order valence-electron chi connectivity index (χ0n) is 9.38. The molecule has 0 aliphatic rings. The standard InChI is InChI=1S/C13H12F3N/c1-2-4-9-7-10-5-3-6-17-12(10)11(8-9)13(14,15)16/h3,5-8H,2,4H2,1H3. The summed E-state index contributed by atoms with van der Waals surface area (Å²) in [6, 6.07) is 6.30. The SMILES string of the molecule is CCCc1cc(C(F)(F)F)c2ncccc2c1. The molecule has 0 aliphatic carbocycles. The summed E-state index contributed by atoms with van der Waals surface area (Å²) >= 11 is 0. The van der Waals surface area contributed by atoms with E-state index in [4.69, 9.17) is 0 Å². The molecule has 0 saturated carbocycles. The average molecular weight is 239 g/mol. The molecule has 0 spiro atoms. The lowest BCUT2D eigenvalue weighted by molar-refractivity contribution is -0.136. The van der Waals surface area contributed by atoms with Gasteiger partial charge < -0.3 is 0 Å². The minimum atomic E-state index is -4.35. The van der Waals surface area contributed by atoms with Gasteiger partial charge in [-0.2, -0.15) is 13.2 Å². The molecule has 0 radical (unpaired) electrons. The van der Waals surface area contributed by atoms with Crippen molar-refractivity contribution in [3.63, 3.8) is 0 Å². The van der Waals surface area contributed by atoms with E-state index in [1.54, 1.807) is 18.2 Å². The maximum Gasteiger partial charge on any atom is 0.418 e.